The Morgan fingerprint density at radius 2 is 1.83 bits per heavy atom. The van der Waals surface area contributed by atoms with Crippen molar-refractivity contribution in [1.29, 1.82) is 0 Å². The molecule has 1 saturated heterocycles. The van der Waals surface area contributed by atoms with Crippen LogP contribution in [0.2, 0.25) is 0 Å². The van der Waals surface area contributed by atoms with Gasteiger partial charge in [0.25, 0.3) is 0 Å². The second-order valence-corrected chi connectivity index (χ2v) is 7.50. The van der Waals surface area contributed by atoms with Gasteiger partial charge < -0.3 is 19.4 Å². The number of para-hydroxylation sites is 2. The third-order valence-electron chi connectivity index (χ3n) is 5.51. The van der Waals surface area contributed by atoms with Crippen LogP contribution in [0.1, 0.15) is 30.2 Å². The van der Waals surface area contributed by atoms with E-state index in [4.69, 9.17) is 9.15 Å². The van der Waals surface area contributed by atoms with Gasteiger partial charge in [-0.2, -0.15) is 0 Å². The number of ether oxygens (including phenoxy) is 1. The van der Waals surface area contributed by atoms with Crippen LogP contribution in [-0.2, 0) is 16.0 Å². The summed E-state index contributed by atoms with van der Waals surface area (Å²) in [5, 5.41) is 2.84. The van der Waals surface area contributed by atoms with E-state index in [1.165, 1.54) is 7.11 Å². The number of amides is 2. The van der Waals surface area contributed by atoms with Gasteiger partial charge in [0.2, 0.25) is 0 Å². The van der Waals surface area contributed by atoms with Crippen LogP contribution in [0.25, 0.3) is 11.1 Å². The lowest BCUT2D eigenvalue weighted by atomic mass is 9.97. The highest BCUT2D eigenvalue weighted by atomic mass is 16.5. The average Bonchev–Trinajstić information content (AvgIpc) is 3.23. The molecule has 1 atom stereocenters. The van der Waals surface area contributed by atoms with Gasteiger partial charge in [-0.1, -0.05) is 42.5 Å². The van der Waals surface area contributed by atoms with Gasteiger partial charge in [-0.05, 0) is 30.5 Å². The predicted molar refractivity (Wildman–Crippen MR) is 112 cm³/mol. The molecule has 1 aromatic heterocycles. The largest absolute Gasteiger partial charge is 0.467 e. The molecule has 7 heteroatoms. The molecule has 156 valence electrons. The van der Waals surface area contributed by atoms with Gasteiger partial charge in [0.15, 0.2) is 11.5 Å². The van der Waals surface area contributed by atoms with Gasteiger partial charge >= 0.3 is 12.0 Å². The molecule has 0 bridgehead atoms. The van der Waals surface area contributed by atoms with Gasteiger partial charge in [0.05, 0.1) is 7.11 Å². The number of urea groups is 1. The van der Waals surface area contributed by atoms with Crippen molar-refractivity contribution < 1.29 is 18.7 Å². The Morgan fingerprint density at radius 3 is 2.53 bits per heavy atom. The molecule has 4 rings (SSSR count). The molecular weight excluding hydrogens is 382 g/mol. The Morgan fingerprint density at radius 1 is 1.13 bits per heavy atom. The van der Waals surface area contributed by atoms with Crippen molar-refractivity contribution in [2.75, 3.05) is 20.2 Å². The molecule has 0 saturated carbocycles. The number of likely N-dealkylation sites (tertiary alicyclic amines) is 1. The van der Waals surface area contributed by atoms with Crippen LogP contribution in [0, 0.1) is 0 Å². The maximum absolute atomic E-state index is 12.8. The second kappa shape index (κ2) is 8.98. The van der Waals surface area contributed by atoms with Crippen molar-refractivity contribution >= 4 is 23.1 Å². The molecule has 2 aromatic carbocycles. The van der Waals surface area contributed by atoms with Crippen LogP contribution < -0.4 is 5.32 Å². The third-order valence-corrected chi connectivity index (χ3v) is 5.51. The Hall–Kier alpha value is -3.35. The highest BCUT2D eigenvalue weighted by Crippen LogP contribution is 2.29. The fraction of sp³-hybridized carbons (Fsp3) is 0.348. The number of carbonyl (C=O) groups excluding carboxylic acids is 2. The zero-order valence-electron chi connectivity index (χ0n) is 16.9. The van der Waals surface area contributed by atoms with E-state index in [2.05, 4.69) is 10.3 Å². The average molecular weight is 407 g/mol. The molecule has 0 unspecified atom stereocenters. The first kappa shape index (κ1) is 19.9. The number of nitrogens with one attached hydrogen (secondary N) is 1. The maximum atomic E-state index is 12.8. The minimum atomic E-state index is -0.723. The number of esters is 1. The number of oxazole rings is 1. The second-order valence-electron chi connectivity index (χ2n) is 7.50. The number of hydrogen-bond donors (Lipinski definition) is 1. The maximum Gasteiger partial charge on any atom is 0.328 e. The number of benzene rings is 2. The van der Waals surface area contributed by atoms with Gasteiger partial charge in [-0.3, -0.25) is 0 Å². The molecular formula is C23H25N3O4. The number of nitrogens with zero attached hydrogens (tertiary/aromatic N) is 2. The summed E-state index contributed by atoms with van der Waals surface area (Å²) in [5.74, 6) is 0.462. The summed E-state index contributed by atoms with van der Waals surface area (Å²) in [6, 6.07) is 16.3. The predicted octanol–water partition coefficient (Wildman–Crippen LogP) is 3.50. The van der Waals surface area contributed by atoms with E-state index in [1.54, 1.807) is 4.90 Å². The number of carbonyl (C=O) groups is 2. The van der Waals surface area contributed by atoms with Gasteiger partial charge in [0.1, 0.15) is 11.6 Å². The number of aromatic nitrogens is 1. The smallest absolute Gasteiger partial charge is 0.328 e. The monoisotopic (exact) mass is 407 g/mol. The summed E-state index contributed by atoms with van der Waals surface area (Å²) in [4.78, 5) is 31.3. The minimum Gasteiger partial charge on any atom is -0.467 e. The fourth-order valence-electron chi connectivity index (χ4n) is 3.82. The zero-order valence-corrected chi connectivity index (χ0v) is 16.9. The van der Waals surface area contributed by atoms with Crippen molar-refractivity contribution in [2.45, 2.75) is 31.2 Å². The van der Waals surface area contributed by atoms with Crippen molar-refractivity contribution in [3.8, 4) is 0 Å². The zero-order chi connectivity index (χ0) is 20.9. The Balaban J connectivity index is 1.36. The molecule has 1 N–H and O–H groups in total. The first-order valence-electron chi connectivity index (χ1n) is 10.2. The molecule has 30 heavy (non-hydrogen) atoms. The third kappa shape index (κ3) is 4.45. The standard InChI is InChI=1S/C23H25N3O4/c1-29-22(27)19(15-16-7-3-2-4-8-16)25-23(28)26-13-11-17(12-14-26)21-24-18-9-5-6-10-20(18)30-21/h2-10,17,19H,11-15H2,1H3,(H,25,28)/t19-/m0/s1. The van der Waals surface area contributed by atoms with Gasteiger partial charge in [-0.15, -0.1) is 0 Å². The van der Waals surface area contributed by atoms with E-state index in [-0.39, 0.29) is 11.9 Å². The van der Waals surface area contributed by atoms with Crippen molar-refractivity contribution in [2.24, 2.45) is 0 Å². The number of piperidine rings is 1. The van der Waals surface area contributed by atoms with Crippen LogP contribution in [0.5, 0.6) is 0 Å². The van der Waals surface area contributed by atoms with Gasteiger partial charge in [-0.25, -0.2) is 14.6 Å². The molecule has 0 spiro atoms. The highest BCUT2D eigenvalue weighted by Gasteiger charge is 2.29. The normalized spacial score (nSPS) is 15.7. The van der Waals surface area contributed by atoms with E-state index in [9.17, 15) is 9.59 Å². The number of fused-ring (bicyclic) bond motifs is 1. The summed E-state index contributed by atoms with van der Waals surface area (Å²) >= 11 is 0. The number of rotatable bonds is 5. The summed E-state index contributed by atoms with van der Waals surface area (Å²) < 4.78 is 10.8. The number of hydrogen-bond acceptors (Lipinski definition) is 5. The fourth-order valence-corrected chi connectivity index (χ4v) is 3.82. The van der Waals surface area contributed by atoms with E-state index in [1.807, 2.05) is 54.6 Å². The van der Waals surface area contributed by atoms with Gasteiger partial charge in [0, 0.05) is 25.4 Å². The molecule has 1 aliphatic heterocycles. The number of methoxy groups -OCH3 is 1. The van der Waals surface area contributed by atoms with Crippen molar-refractivity contribution in [3.63, 3.8) is 0 Å². The van der Waals surface area contributed by atoms with E-state index >= 15 is 0 Å². The molecule has 1 fully saturated rings. The summed E-state index contributed by atoms with van der Waals surface area (Å²) in [7, 11) is 1.33. The van der Waals surface area contributed by atoms with Crippen molar-refractivity contribution in [1.82, 2.24) is 15.2 Å². The van der Waals surface area contributed by atoms with Crippen LogP contribution >= 0.6 is 0 Å². The summed E-state index contributed by atoms with van der Waals surface area (Å²) in [6.07, 6.45) is 1.92. The molecule has 0 aliphatic carbocycles. The molecule has 1 aliphatic rings. The Labute approximate surface area is 175 Å². The van der Waals surface area contributed by atoms with E-state index in [0.29, 0.717) is 19.5 Å². The van der Waals surface area contributed by atoms with Crippen molar-refractivity contribution in [3.05, 3.63) is 66.1 Å². The lowest BCUT2D eigenvalue weighted by molar-refractivity contribution is -0.142. The van der Waals surface area contributed by atoms with Crippen LogP contribution in [-0.4, -0.2) is 48.1 Å². The minimum absolute atomic E-state index is 0.183. The molecule has 3 aromatic rings. The Bertz CT molecular complexity index is 976. The molecule has 0 radical (unpaired) electrons. The first-order valence-corrected chi connectivity index (χ1v) is 10.2. The lowest BCUT2D eigenvalue weighted by Gasteiger charge is -2.31. The van der Waals surface area contributed by atoms with Crippen LogP contribution in [0.3, 0.4) is 0 Å². The quantitative estimate of drug-likeness (QED) is 0.655. The Kier molecular flexibility index (Phi) is 5.97. The molecule has 2 amide bonds. The SMILES string of the molecule is COC(=O)[C@H](Cc1ccccc1)NC(=O)N1CCC(c2nc3ccccc3o2)CC1. The van der Waals surface area contributed by atoms with E-state index in [0.717, 1.165) is 35.4 Å². The molecule has 7 nitrogen and oxygen atoms in total. The lowest BCUT2D eigenvalue weighted by Crippen LogP contribution is -2.51. The topological polar surface area (TPSA) is 84.7 Å². The first-order chi connectivity index (χ1) is 14.6. The summed E-state index contributed by atoms with van der Waals surface area (Å²) in [5.41, 5.74) is 2.60. The van der Waals surface area contributed by atoms with E-state index < -0.39 is 12.0 Å². The summed E-state index contributed by atoms with van der Waals surface area (Å²) in [6.45, 7) is 1.16. The van der Waals surface area contributed by atoms with Crippen LogP contribution in [0.4, 0.5) is 4.79 Å². The molecule has 2 heterocycles. The van der Waals surface area contributed by atoms with Crippen LogP contribution in [0.15, 0.2) is 59.0 Å². The highest BCUT2D eigenvalue weighted by molar-refractivity contribution is 5.84.